The van der Waals surface area contributed by atoms with Gasteiger partial charge in [0.1, 0.15) is 0 Å². The molecule has 1 saturated heterocycles. The fraction of sp³-hybridized carbons (Fsp3) is 0.538. The number of aliphatic hydroxyl groups excluding tert-OH is 1. The van der Waals surface area contributed by atoms with Gasteiger partial charge in [0.05, 0.1) is 18.3 Å². The maximum absolute atomic E-state index is 9.63. The minimum absolute atomic E-state index is 0.239. The minimum Gasteiger partial charge on any atom is -0.391 e. The zero-order chi connectivity index (χ0) is 13.9. The second kappa shape index (κ2) is 5.80. The molecule has 108 valence electrons. The predicted octanol–water partition coefficient (Wildman–Crippen LogP) is 0.928. The SMILES string of the molecule is CCNC(=NCc1cn2ccsc2n1)N1CC[C@@H](O)C1. The van der Waals surface area contributed by atoms with Crippen molar-refractivity contribution in [3.63, 3.8) is 0 Å². The third-order valence-electron chi connectivity index (χ3n) is 3.33. The van der Waals surface area contributed by atoms with Crippen molar-refractivity contribution in [2.75, 3.05) is 19.6 Å². The van der Waals surface area contributed by atoms with Crippen molar-refractivity contribution < 1.29 is 5.11 Å². The monoisotopic (exact) mass is 293 g/mol. The first-order valence-corrected chi connectivity index (χ1v) is 7.76. The topological polar surface area (TPSA) is 65.2 Å². The summed E-state index contributed by atoms with van der Waals surface area (Å²) in [5, 5.41) is 14.9. The number of fused-ring (bicyclic) bond motifs is 1. The fourth-order valence-electron chi connectivity index (χ4n) is 2.37. The molecule has 1 aliphatic heterocycles. The zero-order valence-electron chi connectivity index (χ0n) is 11.5. The van der Waals surface area contributed by atoms with Gasteiger partial charge in [-0.25, -0.2) is 9.98 Å². The van der Waals surface area contributed by atoms with E-state index in [0.717, 1.165) is 36.1 Å². The van der Waals surface area contributed by atoms with E-state index in [1.165, 1.54) is 0 Å². The molecule has 2 N–H and O–H groups in total. The minimum atomic E-state index is -0.239. The van der Waals surface area contributed by atoms with Crippen LogP contribution in [0, 0.1) is 0 Å². The quantitative estimate of drug-likeness (QED) is 0.653. The van der Waals surface area contributed by atoms with Gasteiger partial charge in [-0.15, -0.1) is 11.3 Å². The molecule has 3 rings (SSSR count). The van der Waals surface area contributed by atoms with Crippen LogP contribution in [0.3, 0.4) is 0 Å². The Balaban J connectivity index is 1.71. The van der Waals surface area contributed by atoms with Crippen LogP contribution in [0.15, 0.2) is 22.8 Å². The summed E-state index contributed by atoms with van der Waals surface area (Å²) in [4.78, 5) is 12.3. The van der Waals surface area contributed by atoms with Gasteiger partial charge in [-0.1, -0.05) is 0 Å². The highest BCUT2D eigenvalue weighted by Crippen LogP contribution is 2.13. The normalized spacial score (nSPS) is 20.0. The van der Waals surface area contributed by atoms with Crippen molar-refractivity contribution in [3.8, 4) is 0 Å². The number of nitrogens with zero attached hydrogens (tertiary/aromatic N) is 4. The van der Waals surface area contributed by atoms with Gasteiger partial charge in [0.25, 0.3) is 0 Å². The number of hydrogen-bond donors (Lipinski definition) is 2. The molecule has 20 heavy (non-hydrogen) atoms. The number of aliphatic hydroxyl groups is 1. The van der Waals surface area contributed by atoms with E-state index in [1.54, 1.807) is 11.3 Å². The molecule has 3 heterocycles. The Labute approximate surface area is 121 Å². The predicted molar refractivity (Wildman–Crippen MR) is 80.1 cm³/mol. The van der Waals surface area contributed by atoms with Crippen molar-refractivity contribution >= 4 is 22.3 Å². The smallest absolute Gasteiger partial charge is 0.194 e. The van der Waals surface area contributed by atoms with Gasteiger partial charge < -0.3 is 15.3 Å². The molecule has 7 heteroatoms. The van der Waals surface area contributed by atoms with Gasteiger partial charge in [0, 0.05) is 37.4 Å². The fourth-order valence-corrected chi connectivity index (χ4v) is 3.09. The van der Waals surface area contributed by atoms with Crippen LogP contribution in [0.2, 0.25) is 0 Å². The number of β-amino-alcohol motifs (C(OH)–C–C–N with tert-alkyl or cyclic N) is 1. The van der Waals surface area contributed by atoms with E-state index < -0.39 is 0 Å². The number of hydrogen-bond acceptors (Lipinski definition) is 4. The number of aliphatic imine (C=N–C) groups is 1. The lowest BCUT2D eigenvalue weighted by atomic mass is 10.3. The third-order valence-corrected chi connectivity index (χ3v) is 4.10. The van der Waals surface area contributed by atoms with Crippen molar-refractivity contribution in [3.05, 3.63) is 23.5 Å². The number of imidazole rings is 1. The van der Waals surface area contributed by atoms with Crippen molar-refractivity contribution in [2.24, 2.45) is 4.99 Å². The number of nitrogens with one attached hydrogen (secondary N) is 1. The molecule has 0 amide bonds. The Hall–Kier alpha value is -1.60. The first-order chi connectivity index (χ1) is 9.76. The molecule has 0 saturated carbocycles. The second-order valence-electron chi connectivity index (χ2n) is 4.88. The standard InChI is InChI=1S/C13H19N5OS/c1-2-14-12(17-4-3-11(19)9-17)15-7-10-8-18-5-6-20-13(18)16-10/h5-6,8,11,19H,2-4,7,9H2,1H3,(H,14,15)/t11-/m1/s1. The summed E-state index contributed by atoms with van der Waals surface area (Å²) in [7, 11) is 0. The Morgan fingerprint density at radius 3 is 3.25 bits per heavy atom. The molecule has 2 aromatic rings. The van der Waals surface area contributed by atoms with E-state index in [1.807, 2.05) is 22.2 Å². The van der Waals surface area contributed by atoms with E-state index in [9.17, 15) is 5.11 Å². The van der Waals surface area contributed by atoms with E-state index in [2.05, 4.69) is 27.1 Å². The van der Waals surface area contributed by atoms with Crippen LogP contribution in [0.25, 0.3) is 4.96 Å². The molecule has 1 aliphatic rings. The lowest BCUT2D eigenvalue weighted by Crippen LogP contribution is -2.40. The van der Waals surface area contributed by atoms with Gasteiger partial charge in [0.2, 0.25) is 0 Å². The first kappa shape index (κ1) is 13.4. The summed E-state index contributed by atoms with van der Waals surface area (Å²) in [6.45, 7) is 4.94. The Morgan fingerprint density at radius 1 is 1.65 bits per heavy atom. The Morgan fingerprint density at radius 2 is 2.55 bits per heavy atom. The molecule has 2 aromatic heterocycles. The number of thiazole rings is 1. The average Bonchev–Trinajstić information content (AvgIpc) is 3.09. The largest absolute Gasteiger partial charge is 0.391 e. The van der Waals surface area contributed by atoms with Crippen molar-refractivity contribution in [1.29, 1.82) is 0 Å². The number of guanidine groups is 1. The van der Waals surface area contributed by atoms with E-state index in [0.29, 0.717) is 13.1 Å². The summed E-state index contributed by atoms with van der Waals surface area (Å²) in [5.74, 6) is 0.861. The molecule has 0 unspecified atom stereocenters. The molecule has 1 atom stereocenters. The highest BCUT2D eigenvalue weighted by molar-refractivity contribution is 7.15. The van der Waals surface area contributed by atoms with Crippen LogP contribution < -0.4 is 5.32 Å². The molecule has 0 radical (unpaired) electrons. The van der Waals surface area contributed by atoms with Crippen LogP contribution in [0.5, 0.6) is 0 Å². The maximum atomic E-state index is 9.63. The molecular formula is C13H19N5OS. The van der Waals surface area contributed by atoms with Crippen molar-refractivity contribution in [1.82, 2.24) is 19.6 Å². The van der Waals surface area contributed by atoms with E-state index >= 15 is 0 Å². The van der Waals surface area contributed by atoms with Gasteiger partial charge in [-0.2, -0.15) is 0 Å². The van der Waals surface area contributed by atoms with Crippen molar-refractivity contribution in [2.45, 2.75) is 26.0 Å². The lowest BCUT2D eigenvalue weighted by Gasteiger charge is -2.20. The number of aromatic nitrogens is 2. The summed E-state index contributed by atoms with van der Waals surface area (Å²) >= 11 is 1.62. The molecule has 1 fully saturated rings. The summed E-state index contributed by atoms with van der Waals surface area (Å²) in [5.41, 5.74) is 0.965. The third kappa shape index (κ3) is 2.78. The van der Waals surface area contributed by atoms with Crippen LogP contribution >= 0.6 is 11.3 Å². The number of rotatable bonds is 3. The van der Waals surface area contributed by atoms with E-state index in [-0.39, 0.29) is 6.10 Å². The van der Waals surface area contributed by atoms with Gasteiger partial charge in [-0.05, 0) is 13.3 Å². The van der Waals surface area contributed by atoms with Crippen LogP contribution in [0.4, 0.5) is 0 Å². The molecule has 6 nitrogen and oxygen atoms in total. The van der Waals surface area contributed by atoms with Crippen LogP contribution in [-0.4, -0.2) is 51.1 Å². The highest BCUT2D eigenvalue weighted by Gasteiger charge is 2.22. The molecular weight excluding hydrogens is 274 g/mol. The molecule has 0 aliphatic carbocycles. The molecule has 0 spiro atoms. The maximum Gasteiger partial charge on any atom is 0.194 e. The highest BCUT2D eigenvalue weighted by atomic mass is 32.1. The Bertz CT molecular complexity index is 576. The summed E-state index contributed by atoms with van der Waals surface area (Å²) in [6.07, 6.45) is 4.58. The molecule has 0 aromatic carbocycles. The summed E-state index contributed by atoms with van der Waals surface area (Å²) < 4.78 is 2.02. The van der Waals surface area contributed by atoms with Crippen LogP contribution in [0.1, 0.15) is 19.0 Å². The zero-order valence-corrected chi connectivity index (χ0v) is 12.3. The van der Waals surface area contributed by atoms with Gasteiger partial charge in [0.15, 0.2) is 10.9 Å². The number of likely N-dealkylation sites (tertiary alicyclic amines) is 1. The Kier molecular flexibility index (Phi) is 3.88. The first-order valence-electron chi connectivity index (χ1n) is 6.88. The van der Waals surface area contributed by atoms with Crippen LogP contribution in [-0.2, 0) is 6.54 Å². The summed E-state index contributed by atoms with van der Waals surface area (Å²) in [6, 6.07) is 0. The van der Waals surface area contributed by atoms with Gasteiger partial charge >= 0.3 is 0 Å². The van der Waals surface area contributed by atoms with Gasteiger partial charge in [-0.3, -0.25) is 4.40 Å². The lowest BCUT2D eigenvalue weighted by molar-refractivity contribution is 0.188. The average molecular weight is 293 g/mol. The van der Waals surface area contributed by atoms with E-state index in [4.69, 9.17) is 0 Å². The molecule has 0 bridgehead atoms. The second-order valence-corrected chi connectivity index (χ2v) is 5.76.